The van der Waals surface area contributed by atoms with Crippen LogP contribution < -0.4 is 10.1 Å². The maximum atomic E-state index is 13.1. The monoisotopic (exact) mass is 557 g/mol. The van der Waals surface area contributed by atoms with Crippen LogP contribution in [-0.2, 0) is 14.3 Å². The Balaban J connectivity index is 1.46. The van der Waals surface area contributed by atoms with Crippen LogP contribution in [-0.4, -0.2) is 52.5 Å². The molecule has 3 heterocycles. The maximum absolute atomic E-state index is 13.1. The van der Waals surface area contributed by atoms with Crippen molar-refractivity contribution >= 4 is 34.9 Å². The first-order valence-electron chi connectivity index (χ1n) is 13.2. The molecule has 0 aliphatic carbocycles. The topological polar surface area (TPSA) is 108 Å². The third kappa shape index (κ3) is 5.88. The highest BCUT2D eigenvalue weighted by Crippen LogP contribution is 2.39. The van der Waals surface area contributed by atoms with Crippen molar-refractivity contribution in [1.29, 1.82) is 0 Å². The van der Waals surface area contributed by atoms with Crippen LogP contribution in [0.3, 0.4) is 0 Å². The smallest absolute Gasteiger partial charge is 0.227 e. The lowest BCUT2D eigenvalue weighted by Gasteiger charge is -2.13. The van der Waals surface area contributed by atoms with E-state index >= 15 is 0 Å². The summed E-state index contributed by atoms with van der Waals surface area (Å²) in [5, 5.41) is 12.8. The van der Waals surface area contributed by atoms with E-state index in [1.54, 1.807) is 11.3 Å². The number of aryl methyl sites for hydroxylation is 2. The molecule has 0 saturated carbocycles. The molecule has 4 aromatic rings. The van der Waals surface area contributed by atoms with Gasteiger partial charge in [0.25, 0.3) is 0 Å². The molecule has 206 valence electrons. The number of aldehydes is 1. The van der Waals surface area contributed by atoms with Crippen LogP contribution in [0.2, 0.25) is 0 Å². The van der Waals surface area contributed by atoms with Crippen molar-refractivity contribution in [2.75, 3.05) is 25.1 Å². The standard InChI is InChI=1S/C30H31N5O4S/c1-19-20(2)40-30-27(19)28(22-10-12-24(13-11-22)39-16-7-15-38-17-14-36)32-25(29-34-33-21(3)35(29)30)18-26(37)31-23-8-5-4-6-9-23/h4-6,8-14,25H,7,15-18H2,1-3H3,(H,31,37). The van der Waals surface area contributed by atoms with Crippen LogP contribution in [0.15, 0.2) is 59.6 Å². The molecule has 2 aromatic heterocycles. The van der Waals surface area contributed by atoms with Gasteiger partial charge in [0.15, 0.2) is 5.82 Å². The van der Waals surface area contributed by atoms with Gasteiger partial charge in [-0.3, -0.25) is 14.4 Å². The Morgan fingerprint density at radius 3 is 2.58 bits per heavy atom. The average molecular weight is 558 g/mol. The first-order chi connectivity index (χ1) is 19.5. The molecule has 1 N–H and O–H groups in total. The second kappa shape index (κ2) is 12.4. The summed E-state index contributed by atoms with van der Waals surface area (Å²) in [5.41, 5.74) is 4.64. The molecule has 0 spiro atoms. The molecule has 9 nitrogen and oxygen atoms in total. The van der Waals surface area contributed by atoms with Crippen LogP contribution in [0.4, 0.5) is 5.69 Å². The largest absolute Gasteiger partial charge is 0.494 e. The number of ether oxygens (including phenoxy) is 2. The summed E-state index contributed by atoms with van der Waals surface area (Å²) < 4.78 is 13.1. The van der Waals surface area contributed by atoms with Gasteiger partial charge in [-0.05, 0) is 62.7 Å². The highest BCUT2D eigenvalue weighted by molar-refractivity contribution is 7.15. The summed E-state index contributed by atoms with van der Waals surface area (Å²) in [4.78, 5) is 29.9. The number of hydrogen-bond donors (Lipinski definition) is 1. The van der Waals surface area contributed by atoms with Gasteiger partial charge in [-0.1, -0.05) is 18.2 Å². The van der Waals surface area contributed by atoms with Crippen molar-refractivity contribution in [1.82, 2.24) is 14.8 Å². The first kappa shape index (κ1) is 27.4. The van der Waals surface area contributed by atoms with E-state index in [0.29, 0.717) is 25.5 Å². The van der Waals surface area contributed by atoms with Crippen molar-refractivity contribution < 1.29 is 19.1 Å². The SMILES string of the molecule is Cc1sc2c(c1C)C(c1ccc(OCCCOCC=O)cc1)=NC(CC(=O)Nc1ccccc1)c1nnc(C)n1-2. The Kier molecular flexibility index (Phi) is 8.47. The van der Waals surface area contributed by atoms with Crippen LogP contribution in [0.1, 0.15) is 52.1 Å². The highest BCUT2D eigenvalue weighted by atomic mass is 32.1. The zero-order valence-corrected chi connectivity index (χ0v) is 23.5. The second-order valence-corrected chi connectivity index (χ2v) is 10.7. The van der Waals surface area contributed by atoms with E-state index in [1.807, 2.05) is 66.1 Å². The van der Waals surface area contributed by atoms with Gasteiger partial charge in [0.2, 0.25) is 5.91 Å². The summed E-state index contributed by atoms with van der Waals surface area (Å²) in [6.45, 7) is 7.18. The fourth-order valence-corrected chi connectivity index (χ4v) is 5.84. The Hall–Kier alpha value is -4.15. The number of anilines is 1. The quantitative estimate of drug-likeness (QED) is 0.202. The minimum absolute atomic E-state index is 0.102. The second-order valence-electron chi connectivity index (χ2n) is 9.48. The number of aliphatic imine (C=N–C) groups is 1. The zero-order valence-electron chi connectivity index (χ0n) is 22.7. The van der Waals surface area contributed by atoms with Crippen LogP contribution in [0.5, 0.6) is 5.75 Å². The molecule has 0 saturated heterocycles. The number of carbonyl (C=O) groups is 2. The minimum atomic E-state index is -0.526. The van der Waals surface area contributed by atoms with Gasteiger partial charge >= 0.3 is 0 Å². The van der Waals surface area contributed by atoms with E-state index in [2.05, 4.69) is 29.4 Å². The molecule has 0 radical (unpaired) electrons. The van der Waals surface area contributed by atoms with Crippen molar-refractivity contribution in [2.45, 2.75) is 39.7 Å². The number of nitrogens with one attached hydrogen (secondary N) is 1. The number of amides is 1. The molecular formula is C30H31N5O4S. The Bertz CT molecular complexity index is 1530. The summed E-state index contributed by atoms with van der Waals surface area (Å²) in [6, 6.07) is 16.7. The molecule has 1 atom stereocenters. The number of aromatic nitrogens is 3. The lowest BCUT2D eigenvalue weighted by molar-refractivity contribution is -0.116. The first-order valence-corrected chi connectivity index (χ1v) is 14.0. The van der Waals surface area contributed by atoms with Gasteiger partial charge in [0.1, 0.15) is 35.5 Å². The third-order valence-corrected chi connectivity index (χ3v) is 7.88. The number of hydrogen-bond acceptors (Lipinski definition) is 8. The average Bonchev–Trinajstić information content (AvgIpc) is 3.43. The van der Waals surface area contributed by atoms with Gasteiger partial charge in [-0.15, -0.1) is 21.5 Å². The van der Waals surface area contributed by atoms with E-state index in [4.69, 9.17) is 14.5 Å². The van der Waals surface area contributed by atoms with Gasteiger partial charge in [0.05, 0.1) is 25.3 Å². The van der Waals surface area contributed by atoms with E-state index in [0.717, 1.165) is 51.0 Å². The molecule has 1 unspecified atom stereocenters. The van der Waals surface area contributed by atoms with Gasteiger partial charge < -0.3 is 19.6 Å². The predicted molar refractivity (Wildman–Crippen MR) is 155 cm³/mol. The van der Waals surface area contributed by atoms with Crippen molar-refractivity contribution in [3.05, 3.63) is 87.8 Å². The molecule has 10 heteroatoms. The van der Waals surface area contributed by atoms with Crippen LogP contribution >= 0.6 is 11.3 Å². The fraction of sp³-hybridized carbons (Fsp3) is 0.300. The highest BCUT2D eigenvalue weighted by Gasteiger charge is 2.32. The number of para-hydroxylation sites is 1. The number of nitrogens with zero attached hydrogens (tertiary/aromatic N) is 4. The number of benzene rings is 2. The Labute approximate surface area is 236 Å². The third-order valence-electron chi connectivity index (χ3n) is 6.69. The normalized spacial score (nSPS) is 14.1. The molecule has 0 bridgehead atoms. The molecule has 1 aliphatic heterocycles. The summed E-state index contributed by atoms with van der Waals surface area (Å²) in [5.74, 6) is 1.99. The van der Waals surface area contributed by atoms with Gasteiger partial charge in [0, 0.05) is 28.1 Å². The van der Waals surface area contributed by atoms with Crippen molar-refractivity contribution in [3.8, 4) is 10.8 Å². The number of fused-ring (bicyclic) bond motifs is 3. The molecule has 1 amide bonds. The Morgan fingerprint density at radius 2 is 1.82 bits per heavy atom. The van der Waals surface area contributed by atoms with E-state index in [1.165, 1.54) is 4.88 Å². The van der Waals surface area contributed by atoms with E-state index in [-0.39, 0.29) is 18.9 Å². The van der Waals surface area contributed by atoms with Crippen molar-refractivity contribution in [2.24, 2.45) is 4.99 Å². The number of rotatable bonds is 11. The molecule has 40 heavy (non-hydrogen) atoms. The molecule has 2 aromatic carbocycles. The molecular weight excluding hydrogens is 526 g/mol. The molecule has 5 rings (SSSR count). The Morgan fingerprint density at radius 1 is 1.05 bits per heavy atom. The maximum Gasteiger partial charge on any atom is 0.227 e. The summed E-state index contributed by atoms with van der Waals surface area (Å²) in [6.07, 6.45) is 1.55. The lowest BCUT2D eigenvalue weighted by atomic mass is 9.99. The van der Waals surface area contributed by atoms with Gasteiger partial charge in [-0.2, -0.15) is 0 Å². The summed E-state index contributed by atoms with van der Waals surface area (Å²) >= 11 is 1.68. The number of thiophene rings is 1. The minimum Gasteiger partial charge on any atom is -0.494 e. The van der Waals surface area contributed by atoms with Crippen LogP contribution in [0, 0.1) is 20.8 Å². The molecule has 0 fully saturated rings. The van der Waals surface area contributed by atoms with E-state index in [9.17, 15) is 9.59 Å². The lowest BCUT2D eigenvalue weighted by Crippen LogP contribution is -2.17. The van der Waals surface area contributed by atoms with Crippen molar-refractivity contribution in [3.63, 3.8) is 0 Å². The fourth-order valence-electron chi connectivity index (χ4n) is 4.63. The van der Waals surface area contributed by atoms with Crippen LogP contribution in [0.25, 0.3) is 5.00 Å². The van der Waals surface area contributed by atoms with E-state index < -0.39 is 6.04 Å². The molecule has 1 aliphatic rings. The van der Waals surface area contributed by atoms with Gasteiger partial charge in [-0.25, -0.2) is 0 Å². The zero-order chi connectivity index (χ0) is 28.1. The number of carbonyl (C=O) groups excluding carboxylic acids is 2. The predicted octanol–water partition coefficient (Wildman–Crippen LogP) is 5.16. The summed E-state index contributed by atoms with van der Waals surface area (Å²) in [7, 11) is 0.